The predicted molar refractivity (Wildman–Crippen MR) is 109 cm³/mol. The van der Waals surface area contributed by atoms with Crippen LogP contribution in [-0.4, -0.2) is 71.9 Å². The number of amides is 1. The first-order valence-electron chi connectivity index (χ1n) is 10.6. The maximum absolute atomic E-state index is 12.0. The number of rotatable bonds is 19. The number of allylic oxidation sites excluding steroid dienone is 1. The molecule has 168 valence electrons. The molecule has 0 aromatic heterocycles. The monoisotopic (exact) mass is 437 g/mol. The summed E-state index contributed by atoms with van der Waals surface area (Å²) in [6.45, 7) is 4.98. The van der Waals surface area contributed by atoms with E-state index in [0.717, 1.165) is 12.8 Å². The van der Waals surface area contributed by atoms with Gasteiger partial charge in [0.05, 0.1) is 32.8 Å². The van der Waals surface area contributed by atoms with Gasteiger partial charge in [-0.3, -0.25) is 9.59 Å². The maximum Gasteiger partial charge on any atom is 1.00 e. The summed E-state index contributed by atoms with van der Waals surface area (Å²) in [6.07, 6.45) is 8.69. The average molecular weight is 438 g/mol. The van der Waals surface area contributed by atoms with Gasteiger partial charge in [-0.25, -0.2) is 0 Å². The van der Waals surface area contributed by atoms with E-state index in [1.165, 1.54) is 0 Å². The third-order valence-electron chi connectivity index (χ3n) is 4.94. The van der Waals surface area contributed by atoms with E-state index in [-0.39, 0.29) is 54.9 Å². The minimum absolute atomic E-state index is 0. The van der Waals surface area contributed by atoms with Crippen molar-refractivity contribution in [2.75, 3.05) is 39.3 Å². The van der Waals surface area contributed by atoms with Crippen LogP contribution in [0.1, 0.15) is 64.7 Å². The summed E-state index contributed by atoms with van der Waals surface area (Å²) in [4.78, 5) is 33.3. The second kappa shape index (κ2) is 20.0. The fraction of sp³-hybridized carbons (Fsp3) is 0.762. The summed E-state index contributed by atoms with van der Waals surface area (Å²) < 4.78 is 0.537. The van der Waals surface area contributed by atoms with Crippen molar-refractivity contribution in [3.05, 3.63) is 12.2 Å². The first kappa shape index (κ1) is 31.3. The Balaban J connectivity index is 0. The van der Waals surface area contributed by atoms with E-state index in [1.807, 2.05) is 12.2 Å². The second-order valence-electron chi connectivity index (χ2n) is 7.45. The van der Waals surface area contributed by atoms with E-state index in [0.29, 0.717) is 69.3 Å². The van der Waals surface area contributed by atoms with Crippen LogP contribution in [0.15, 0.2) is 12.2 Å². The van der Waals surface area contributed by atoms with Gasteiger partial charge in [0.25, 0.3) is 0 Å². The number of nitrogens with zero attached hydrogens (tertiary/aromatic N) is 1. The van der Waals surface area contributed by atoms with Crippen molar-refractivity contribution >= 4 is 17.8 Å². The van der Waals surface area contributed by atoms with Gasteiger partial charge in [0.15, 0.2) is 0 Å². The molecule has 0 saturated carbocycles. The summed E-state index contributed by atoms with van der Waals surface area (Å²) in [5, 5.41) is 31.9. The van der Waals surface area contributed by atoms with Crippen molar-refractivity contribution in [1.29, 1.82) is 0 Å². The molecule has 0 spiro atoms. The third-order valence-corrected chi connectivity index (χ3v) is 4.94. The minimum Gasteiger partial charge on any atom is -0.550 e. The number of aliphatic hydroxyl groups excluding tert-OH is 1. The molecule has 3 N–H and O–H groups in total. The number of carbonyl (C=O) groups is 3. The van der Waals surface area contributed by atoms with E-state index in [9.17, 15) is 24.6 Å². The van der Waals surface area contributed by atoms with Crippen molar-refractivity contribution in [1.82, 2.24) is 5.32 Å². The summed E-state index contributed by atoms with van der Waals surface area (Å²) in [5.74, 6) is -1.96. The van der Waals surface area contributed by atoms with E-state index >= 15 is 0 Å². The van der Waals surface area contributed by atoms with E-state index in [1.54, 1.807) is 0 Å². The number of nitrogens with one attached hydrogen (secondary N) is 1. The number of carbonyl (C=O) groups excluding carboxylic acids is 2. The Morgan fingerprint density at radius 2 is 1.60 bits per heavy atom. The van der Waals surface area contributed by atoms with Gasteiger partial charge in [-0.1, -0.05) is 25.5 Å². The summed E-state index contributed by atoms with van der Waals surface area (Å²) >= 11 is 0. The Morgan fingerprint density at radius 3 is 2.13 bits per heavy atom. The fourth-order valence-electron chi connectivity index (χ4n) is 3.30. The zero-order valence-corrected chi connectivity index (χ0v) is 20.7. The third kappa shape index (κ3) is 17.9. The molecular weight excluding hydrogens is 399 g/mol. The molecule has 0 rings (SSSR count). The van der Waals surface area contributed by atoms with Crippen LogP contribution in [0.2, 0.25) is 0 Å². The maximum atomic E-state index is 12.0. The van der Waals surface area contributed by atoms with Crippen molar-refractivity contribution in [2.45, 2.75) is 64.7 Å². The van der Waals surface area contributed by atoms with Crippen molar-refractivity contribution < 1.29 is 63.7 Å². The molecule has 0 aliphatic carbocycles. The normalized spacial score (nSPS) is 12.9. The first-order valence-corrected chi connectivity index (χ1v) is 10.6. The Hall–Kier alpha value is -0.930. The van der Waals surface area contributed by atoms with Gasteiger partial charge in [0.1, 0.15) is 6.54 Å². The number of unbranched alkanes of at least 4 members (excludes halogenated alkanes) is 3. The number of hydrogen-bond donors (Lipinski definition) is 3. The van der Waals surface area contributed by atoms with Gasteiger partial charge in [-0.05, 0) is 38.5 Å². The number of aliphatic carboxylic acids is 2. The number of carboxylic acids is 2. The number of carboxylic acid groups (broad SMARTS) is 2. The smallest absolute Gasteiger partial charge is 0.550 e. The van der Waals surface area contributed by atoms with Gasteiger partial charge < -0.3 is 29.9 Å². The Kier molecular flexibility index (Phi) is 20.8. The van der Waals surface area contributed by atoms with Crippen LogP contribution in [0.25, 0.3) is 0 Å². The molecule has 0 aromatic rings. The van der Waals surface area contributed by atoms with E-state index in [4.69, 9.17) is 5.11 Å². The van der Waals surface area contributed by atoms with Crippen molar-refractivity contribution in [3.8, 4) is 0 Å². The van der Waals surface area contributed by atoms with Gasteiger partial charge in [-0.15, -0.1) is 0 Å². The molecular formula is C21H38N2NaO6+. The van der Waals surface area contributed by atoms with Crippen LogP contribution in [0.3, 0.4) is 0 Å². The summed E-state index contributed by atoms with van der Waals surface area (Å²) in [7, 11) is 0. The van der Waals surface area contributed by atoms with Crippen LogP contribution >= 0.6 is 0 Å². The standard InChI is InChI=1S/C21H38N2O6.Na/c1-2-3-4-5-10-19(25)22-13-16-23(17-18-24,14-8-6-11-20(26)27)15-9-7-12-21(28)29;/h4-5,24H,2-3,6-18H2,1H3,(H2-,22,25,26,27,28,29);/q;+1/b5-4+;. The molecule has 0 radical (unpaired) electrons. The topological polar surface area (TPSA) is 127 Å². The van der Waals surface area contributed by atoms with Crippen LogP contribution in [0.4, 0.5) is 0 Å². The Labute approximate surface area is 202 Å². The van der Waals surface area contributed by atoms with E-state index < -0.39 is 11.9 Å². The average Bonchev–Trinajstić information content (AvgIpc) is 2.66. The molecule has 0 aliphatic heterocycles. The SMILES string of the molecule is CCC/C=C/CC(=O)NCC[N+](CCO)(CCCCC(=O)[O-])CCCCC(=O)O.[Na+]. The second-order valence-corrected chi connectivity index (χ2v) is 7.45. The largest absolute Gasteiger partial charge is 1.00 e. The Bertz CT molecular complexity index is 492. The molecule has 0 aromatic carbocycles. The molecule has 30 heavy (non-hydrogen) atoms. The van der Waals surface area contributed by atoms with Crippen LogP contribution < -0.4 is 40.0 Å². The van der Waals surface area contributed by atoms with Crippen molar-refractivity contribution in [3.63, 3.8) is 0 Å². The minimum atomic E-state index is -1.07. The van der Waals surface area contributed by atoms with Crippen LogP contribution in [0, 0.1) is 0 Å². The zero-order chi connectivity index (χ0) is 22.0. The first-order chi connectivity index (χ1) is 13.8. The van der Waals surface area contributed by atoms with Crippen molar-refractivity contribution in [2.24, 2.45) is 0 Å². The summed E-state index contributed by atoms with van der Waals surface area (Å²) in [5.41, 5.74) is 0. The molecule has 0 bridgehead atoms. The molecule has 0 heterocycles. The van der Waals surface area contributed by atoms with Gasteiger partial charge >= 0.3 is 35.5 Å². The van der Waals surface area contributed by atoms with Gasteiger partial charge in [0, 0.05) is 18.8 Å². The number of hydrogen-bond acceptors (Lipinski definition) is 5. The molecule has 9 heteroatoms. The number of quaternary nitrogens is 1. The van der Waals surface area contributed by atoms with Crippen LogP contribution in [-0.2, 0) is 14.4 Å². The molecule has 1 atom stereocenters. The van der Waals surface area contributed by atoms with Gasteiger partial charge in [-0.2, -0.15) is 0 Å². The quantitative estimate of drug-likeness (QED) is 0.0914. The number of aliphatic hydroxyl groups is 1. The molecule has 8 nitrogen and oxygen atoms in total. The fourth-order valence-corrected chi connectivity index (χ4v) is 3.30. The van der Waals surface area contributed by atoms with Crippen LogP contribution in [0.5, 0.6) is 0 Å². The molecule has 0 fully saturated rings. The predicted octanol–water partition coefficient (Wildman–Crippen LogP) is -2.16. The van der Waals surface area contributed by atoms with Gasteiger partial charge in [0.2, 0.25) is 5.91 Å². The molecule has 1 amide bonds. The Morgan fingerprint density at radius 1 is 0.967 bits per heavy atom. The molecule has 0 saturated heterocycles. The van der Waals surface area contributed by atoms with E-state index in [2.05, 4.69) is 12.2 Å². The summed E-state index contributed by atoms with van der Waals surface area (Å²) in [6, 6.07) is 0. The molecule has 0 aliphatic rings. The zero-order valence-electron chi connectivity index (χ0n) is 18.7. The molecule has 1 unspecified atom stereocenters.